The standard InChI is InChI=1S/C12H18F2N2O/c1-16(3-5-17-4-2-15)9-10-6-11(13)8-12(14)7-10/h6-8H,2-5,9,15H2,1H3. The Balaban J connectivity index is 2.36. The van der Waals surface area contributed by atoms with Crippen molar-refractivity contribution >= 4 is 0 Å². The van der Waals surface area contributed by atoms with Crippen LogP contribution < -0.4 is 5.73 Å². The molecule has 0 aliphatic heterocycles. The Bertz CT molecular complexity index is 327. The van der Waals surface area contributed by atoms with E-state index in [4.69, 9.17) is 10.5 Å². The highest BCUT2D eigenvalue weighted by Crippen LogP contribution is 2.09. The predicted octanol–water partition coefficient (Wildman–Crippen LogP) is 1.37. The molecule has 96 valence electrons. The van der Waals surface area contributed by atoms with Gasteiger partial charge in [0.2, 0.25) is 0 Å². The summed E-state index contributed by atoms with van der Waals surface area (Å²) in [5.41, 5.74) is 5.89. The molecule has 0 amide bonds. The molecule has 0 aliphatic carbocycles. The summed E-state index contributed by atoms with van der Waals surface area (Å²) < 4.78 is 31.1. The molecule has 5 heteroatoms. The number of nitrogens with two attached hydrogens (primary N) is 1. The Morgan fingerprint density at radius 3 is 2.41 bits per heavy atom. The Hall–Kier alpha value is -1.04. The number of hydrogen-bond donors (Lipinski definition) is 1. The second-order valence-corrected chi connectivity index (χ2v) is 3.92. The van der Waals surface area contributed by atoms with E-state index in [1.165, 1.54) is 12.1 Å². The molecule has 0 atom stereocenters. The van der Waals surface area contributed by atoms with Crippen molar-refractivity contribution in [1.29, 1.82) is 0 Å². The molecule has 0 bridgehead atoms. The van der Waals surface area contributed by atoms with Crippen LogP contribution in [0.5, 0.6) is 0 Å². The van der Waals surface area contributed by atoms with E-state index >= 15 is 0 Å². The highest BCUT2D eigenvalue weighted by molar-refractivity contribution is 5.17. The topological polar surface area (TPSA) is 38.5 Å². The van der Waals surface area contributed by atoms with Gasteiger partial charge in [-0.2, -0.15) is 0 Å². The van der Waals surface area contributed by atoms with Crippen molar-refractivity contribution in [2.45, 2.75) is 6.54 Å². The third-order valence-electron chi connectivity index (χ3n) is 2.25. The number of benzene rings is 1. The fraction of sp³-hybridized carbons (Fsp3) is 0.500. The quantitative estimate of drug-likeness (QED) is 0.736. The molecule has 1 aromatic rings. The van der Waals surface area contributed by atoms with Crippen LogP contribution in [0, 0.1) is 11.6 Å². The van der Waals surface area contributed by atoms with Crippen LogP contribution in [0.15, 0.2) is 18.2 Å². The Kier molecular flexibility index (Phi) is 6.04. The van der Waals surface area contributed by atoms with Crippen molar-refractivity contribution in [3.05, 3.63) is 35.4 Å². The fourth-order valence-electron chi connectivity index (χ4n) is 1.50. The molecular formula is C12H18F2N2O. The summed E-state index contributed by atoms with van der Waals surface area (Å²) in [4.78, 5) is 1.94. The van der Waals surface area contributed by atoms with E-state index in [1.807, 2.05) is 11.9 Å². The maximum Gasteiger partial charge on any atom is 0.126 e. The molecule has 1 rings (SSSR count). The second-order valence-electron chi connectivity index (χ2n) is 3.92. The number of hydrogen-bond acceptors (Lipinski definition) is 3. The molecular weight excluding hydrogens is 226 g/mol. The lowest BCUT2D eigenvalue weighted by atomic mass is 10.2. The first-order valence-corrected chi connectivity index (χ1v) is 5.53. The van der Waals surface area contributed by atoms with Crippen molar-refractivity contribution in [1.82, 2.24) is 4.90 Å². The molecule has 0 spiro atoms. The summed E-state index contributed by atoms with van der Waals surface area (Å²) in [5, 5.41) is 0. The van der Waals surface area contributed by atoms with Gasteiger partial charge in [0.15, 0.2) is 0 Å². The van der Waals surface area contributed by atoms with Gasteiger partial charge >= 0.3 is 0 Å². The van der Waals surface area contributed by atoms with Crippen molar-refractivity contribution in [3.8, 4) is 0 Å². The van der Waals surface area contributed by atoms with E-state index in [0.717, 1.165) is 6.07 Å². The molecule has 0 fully saturated rings. The van der Waals surface area contributed by atoms with E-state index < -0.39 is 11.6 Å². The average Bonchev–Trinajstić information content (AvgIpc) is 2.23. The molecule has 0 aliphatic rings. The zero-order valence-electron chi connectivity index (χ0n) is 9.96. The lowest BCUT2D eigenvalue weighted by Crippen LogP contribution is -2.24. The van der Waals surface area contributed by atoms with Crippen LogP contribution in [0.1, 0.15) is 5.56 Å². The average molecular weight is 244 g/mol. The lowest BCUT2D eigenvalue weighted by molar-refractivity contribution is 0.115. The molecule has 0 radical (unpaired) electrons. The third kappa shape index (κ3) is 5.72. The van der Waals surface area contributed by atoms with Gasteiger partial charge in [0.05, 0.1) is 13.2 Å². The minimum atomic E-state index is -0.548. The number of halogens is 2. The van der Waals surface area contributed by atoms with Crippen molar-refractivity contribution in [2.24, 2.45) is 5.73 Å². The molecule has 3 nitrogen and oxygen atoms in total. The zero-order valence-corrected chi connectivity index (χ0v) is 9.96. The van der Waals surface area contributed by atoms with E-state index in [1.54, 1.807) is 0 Å². The first-order chi connectivity index (χ1) is 8.11. The highest BCUT2D eigenvalue weighted by atomic mass is 19.1. The van der Waals surface area contributed by atoms with Gasteiger partial charge in [0.1, 0.15) is 11.6 Å². The van der Waals surface area contributed by atoms with Gasteiger partial charge in [0, 0.05) is 25.7 Å². The van der Waals surface area contributed by atoms with Gasteiger partial charge in [0.25, 0.3) is 0 Å². The van der Waals surface area contributed by atoms with Gasteiger partial charge in [-0.3, -0.25) is 4.90 Å². The number of nitrogens with zero attached hydrogens (tertiary/aromatic N) is 1. The Morgan fingerprint density at radius 1 is 1.18 bits per heavy atom. The van der Waals surface area contributed by atoms with Crippen LogP contribution in [0.2, 0.25) is 0 Å². The molecule has 0 heterocycles. The number of likely N-dealkylation sites (N-methyl/N-ethyl adjacent to an activating group) is 1. The van der Waals surface area contributed by atoms with Gasteiger partial charge in [-0.05, 0) is 24.7 Å². The normalized spacial score (nSPS) is 11.1. The van der Waals surface area contributed by atoms with Crippen molar-refractivity contribution in [2.75, 3.05) is 33.4 Å². The van der Waals surface area contributed by atoms with Crippen LogP contribution >= 0.6 is 0 Å². The highest BCUT2D eigenvalue weighted by Gasteiger charge is 2.04. The smallest absolute Gasteiger partial charge is 0.126 e. The molecule has 17 heavy (non-hydrogen) atoms. The summed E-state index contributed by atoms with van der Waals surface area (Å²) >= 11 is 0. The van der Waals surface area contributed by atoms with Crippen LogP contribution in [0.3, 0.4) is 0 Å². The van der Waals surface area contributed by atoms with Crippen LogP contribution in [-0.4, -0.2) is 38.3 Å². The Morgan fingerprint density at radius 2 is 1.82 bits per heavy atom. The van der Waals surface area contributed by atoms with Crippen LogP contribution in [-0.2, 0) is 11.3 Å². The summed E-state index contributed by atoms with van der Waals surface area (Å²) in [6.07, 6.45) is 0. The maximum atomic E-state index is 12.9. The minimum Gasteiger partial charge on any atom is -0.379 e. The van der Waals surface area contributed by atoms with Crippen molar-refractivity contribution in [3.63, 3.8) is 0 Å². The number of ether oxygens (including phenoxy) is 1. The predicted molar refractivity (Wildman–Crippen MR) is 62.6 cm³/mol. The van der Waals surface area contributed by atoms with Gasteiger partial charge in [-0.15, -0.1) is 0 Å². The molecule has 0 unspecified atom stereocenters. The summed E-state index contributed by atoms with van der Waals surface area (Å²) in [6.45, 7) is 2.77. The summed E-state index contributed by atoms with van der Waals surface area (Å²) in [6, 6.07) is 3.54. The van der Waals surface area contributed by atoms with Crippen molar-refractivity contribution < 1.29 is 13.5 Å². The van der Waals surface area contributed by atoms with Crippen LogP contribution in [0.4, 0.5) is 8.78 Å². The van der Waals surface area contributed by atoms with Gasteiger partial charge in [-0.25, -0.2) is 8.78 Å². The van der Waals surface area contributed by atoms with E-state index in [9.17, 15) is 8.78 Å². The molecule has 0 aromatic heterocycles. The second kappa shape index (κ2) is 7.32. The molecule has 1 aromatic carbocycles. The molecule has 0 saturated carbocycles. The minimum absolute atomic E-state index is 0.487. The summed E-state index contributed by atoms with van der Waals surface area (Å²) in [7, 11) is 1.87. The first-order valence-electron chi connectivity index (χ1n) is 5.53. The SMILES string of the molecule is CN(CCOCCN)Cc1cc(F)cc(F)c1. The maximum absolute atomic E-state index is 12.9. The van der Waals surface area contributed by atoms with Gasteiger partial charge in [-0.1, -0.05) is 0 Å². The third-order valence-corrected chi connectivity index (χ3v) is 2.25. The molecule has 2 N–H and O–H groups in total. The fourth-order valence-corrected chi connectivity index (χ4v) is 1.50. The number of rotatable bonds is 7. The van der Waals surface area contributed by atoms with E-state index in [2.05, 4.69) is 0 Å². The van der Waals surface area contributed by atoms with E-state index in [0.29, 0.717) is 38.4 Å². The van der Waals surface area contributed by atoms with E-state index in [-0.39, 0.29) is 0 Å². The largest absolute Gasteiger partial charge is 0.379 e. The first kappa shape index (κ1) is 14.0. The monoisotopic (exact) mass is 244 g/mol. The zero-order chi connectivity index (χ0) is 12.7. The summed E-state index contributed by atoms with van der Waals surface area (Å²) in [5.74, 6) is -1.10. The lowest BCUT2D eigenvalue weighted by Gasteiger charge is -2.16. The Labute approximate surface area is 100 Å². The van der Waals surface area contributed by atoms with Gasteiger partial charge < -0.3 is 10.5 Å². The molecule has 0 saturated heterocycles. The van der Waals surface area contributed by atoms with Crippen LogP contribution in [0.25, 0.3) is 0 Å².